The molecule has 2 bridgehead atoms. The molecule has 0 unspecified atom stereocenters. The van der Waals surface area contributed by atoms with Gasteiger partial charge in [0, 0.05) is 18.8 Å². The first kappa shape index (κ1) is 14.6. The van der Waals surface area contributed by atoms with Crippen molar-refractivity contribution < 1.29 is 9.90 Å². The fourth-order valence-electron chi connectivity index (χ4n) is 3.95. The van der Waals surface area contributed by atoms with Crippen molar-refractivity contribution in [2.24, 2.45) is 11.8 Å². The van der Waals surface area contributed by atoms with Crippen molar-refractivity contribution in [1.29, 1.82) is 0 Å². The van der Waals surface area contributed by atoms with Gasteiger partial charge < -0.3 is 10.4 Å². The van der Waals surface area contributed by atoms with Crippen molar-refractivity contribution in [3.63, 3.8) is 0 Å². The van der Waals surface area contributed by atoms with Crippen molar-refractivity contribution in [3.8, 4) is 0 Å². The maximum Gasteiger partial charge on any atom is 0.271 e. The third-order valence-electron chi connectivity index (χ3n) is 5.16. The summed E-state index contributed by atoms with van der Waals surface area (Å²) in [5.41, 5.74) is -0.100. The van der Waals surface area contributed by atoms with E-state index in [1.807, 2.05) is 20.0 Å². The molecule has 2 aliphatic rings. The van der Waals surface area contributed by atoms with E-state index >= 15 is 0 Å². The van der Waals surface area contributed by atoms with Crippen molar-refractivity contribution in [3.05, 3.63) is 18.0 Å². The Hall–Kier alpha value is -1.36. The number of aromatic nitrogens is 2. The van der Waals surface area contributed by atoms with Crippen LogP contribution in [0.3, 0.4) is 0 Å². The Morgan fingerprint density at radius 3 is 2.95 bits per heavy atom. The number of hydrogen-bond donors (Lipinski definition) is 2. The second-order valence-electron chi connectivity index (χ2n) is 6.96. The predicted molar refractivity (Wildman–Crippen MR) is 80.0 cm³/mol. The van der Waals surface area contributed by atoms with E-state index in [-0.39, 0.29) is 11.9 Å². The molecule has 0 aliphatic heterocycles. The second-order valence-corrected chi connectivity index (χ2v) is 6.96. The van der Waals surface area contributed by atoms with Gasteiger partial charge in [-0.25, -0.2) is 0 Å². The molecular weight excluding hydrogens is 266 g/mol. The lowest BCUT2D eigenvalue weighted by Gasteiger charge is -2.32. The van der Waals surface area contributed by atoms with Gasteiger partial charge in [0.2, 0.25) is 0 Å². The minimum Gasteiger partial charge on any atom is -0.390 e. The molecule has 21 heavy (non-hydrogen) atoms. The molecule has 0 radical (unpaired) electrons. The Morgan fingerprint density at radius 2 is 2.38 bits per heavy atom. The van der Waals surface area contributed by atoms with E-state index in [0.717, 1.165) is 12.8 Å². The number of fused-ring (bicyclic) bond motifs is 2. The van der Waals surface area contributed by atoms with Crippen molar-refractivity contribution in [2.45, 2.75) is 57.6 Å². The summed E-state index contributed by atoms with van der Waals surface area (Å²) in [5.74, 6) is 0.998. The Bertz CT molecular complexity index is 525. The average molecular weight is 291 g/mol. The van der Waals surface area contributed by atoms with Crippen LogP contribution in [0.4, 0.5) is 0 Å². The van der Waals surface area contributed by atoms with E-state index in [0.29, 0.717) is 30.5 Å². The van der Waals surface area contributed by atoms with Gasteiger partial charge in [-0.05, 0) is 63.9 Å². The van der Waals surface area contributed by atoms with Crippen LogP contribution in [-0.4, -0.2) is 32.9 Å². The smallest absolute Gasteiger partial charge is 0.271 e. The van der Waals surface area contributed by atoms with Crippen LogP contribution in [-0.2, 0) is 0 Å². The molecule has 0 aromatic carbocycles. The summed E-state index contributed by atoms with van der Waals surface area (Å²) < 4.78 is 1.78. The maximum absolute atomic E-state index is 12.1. The van der Waals surface area contributed by atoms with Gasteiger partial charge in [0.25, 0.3) is 5.91 Å². The topological polar surface area (TPSA) is 67.2 Å². The first-order valence-corrected chi connectivity index (χ1v) is 8.04. The number of carbonyl (C=O) groups excluding carboxylic acids is 1. The highest BCUT2D eigenvalue weighted by Gasteiger charge is 2.49. The zero-order chi connectivity index (χ0) is 15.0. The summed E-state index contributed by atoms with van der Waals surface area (Å²) in [6, 6.07) is 1.99. The van der Waals surface area contributed by atoms with Crippen LogP contribution in [0.2, 0.25) is 0 Å². The highest BCUT2D eigenvalue weighted by atomic mass is 16.3. The predicted octanol–water partition coefficient (Wildman–Crippen LogP) is 2.13. The molecular formula is C16H25N3O2. The first-order valence-electron chi connectivity index (χ1n) is 8.04. The Morgan fingerprint density at radius 1 is 1.57 bits per heavy atom. The lowest BCUT2D eigenvalue weighted by atomic mass is 9.82. The normalized spacial score (nSPS) is 31.0. The molecule has 1 heterocycles. The Labute approximate surface area is 125 Å². The summed E-state index contributed by atoms with van der Waals surface area (Å²) in [5, 5.41) is 17.8. The van der Waals surface area contributed by atoms with E-state index in [1.165, 1.54) is 12.8 Å². The van der Waals surface area contributed by atoms with Crippen molar-refractivity contribution in [1.82, 2.24) is 15.1 Å². The van der Waals surface area contributed by atoms with Gasteiger partial charge in [-0.15, -0.1) is 0 Å². The maximum atomic E-state index is 12.1. The molecule has 5 nitrogen and oxygen atoms in total. The van der Waals surface area contributed by atoms with Crippen molar-refractivity contribution >= 4 is 5.91 Å². The minimum atomic E-state index is -0.548. The molecule has 2 fully saturated rings. The molecule has 2 saturated carbocycles. The van der Waals surface area contributed by atoms with Crippen LogP contribution in [0.25, 0.3) is 0 Å². The molecule has 2 N–H and O–H groups in total. The fraction of sp³-hybridized carbons (Fsp3) is 0.750. The minimum absolute atomic E-state index is 0.152. The Balaban J connectivity index is 1.50. The fourth-order valence-corrected chi connectivity index (χ4v) is 3.95. The van der Waals surface area contributed by atoms with Gasteiger partial charge in [-0.2, -0.15) is 5.10 Å². The monoisotopic (exact) mass is 291 g/mol. The van der Waals surface area contributed by atoms with Gasteiger partial charge >= 0.3 is 0 Å². The van der Waals surface area contributed by atoms with Crippen LogP contribution in [0.15, 0.2) is 12.3 Å². The quantitative estimate of drug-likeness (QED) is 0.873. The molecule has 3 atom stereocenters. The van der Waals surface area contributed by atoms with Crippen LogP contribution < -0.4 is 5.32 Å². The summed E-state index contributed by atoms with van der Waals surface area (Å²) in [4.78, 5) is 12.1. The standard InChI is InChI=1S/C16H25N3O2/c1-11(2)19-8-5-14(18-19)15(20)17-7-6-16(21)10-12-3-4-13(16)9-12/h5,8,11-13,21H,3-4,6-7,9-10H2,1-2H3,(H,17,20)/t12-,13-,16+/m0/s1. The number of hydrogen-bond acceptors (Lipinski definition) is 3. The lowest BCUT2D eigenvalue weighted by molar-refractivity contribution is -0.0196. The average Bonchev–Trinajstić information content (AvgIpc) is 3.13. The Kier molecular flexibility index (Phi) is 3.78. The molecule has 1 aromatic heterocycles. The number of aliphatic hydroxyl groups is 1. The highest BCUT2D eigenvalue weighted by Crippen LogP contribution is 2.51. The van der Waals surface area contributed by atoms with Gasteiger partial charge in [-0.1, -0.05) is 0 Å². The number of rotatable bonds is 5. The SMILES string of the molecule is CC(C)n1ccc(C(=O)NCC[C@@]2(O)C[C@H]3CC[C@H]2C3)n1. The molecule has 5 heteroatoms. The van der Waals surface area contributed by atoms with Gasteiger partial charge in [0.1, 0.15) is 5.69 Å². The molecule has 0 saturated heterocycles. The first-order chi connectivity index (χ1) is 9.98. The zero-order valence-electron chi connectivity index (χ0n) is 12.9. The third kappa shape index (κ3) is 2.84. The van der Waals surface area contributed by atoms with E-state index < -0.39 is 5.60 Å². The molecule has 0 spiro atoms. The van der Waals surface area contributed by atoms with E-state index in [4.69, 9.17) is 0 Å². The number of carbonyl (C=O) groups is 1. The number of nitrogens with one attached hydrogen (secondary N) is 1. The molecule has 1 aromatic rings. The van der Waals surface area contributed by atoms with Gasteiger partial charge in [0.15, 0.2) is 0 Å². The second kappa shape index (κ2) is 5.44. The van der Waals surface area contributed by atoms with Crippen LogP contribution in [0.1, 0.15) is 62.5 Å². The number of amides is 1. The van der Waals surface area contributed by atoms with Crippen LogP contribution >= 0.6 is 0 Å². The largest absolute Gasteiger partial charge is 0.390 e. The van der Waals surface area contributed by atoms with Crippen LogP contribution in [0, 0.1) is 11.8 Å². The summed E-state index contributed by atoms with van der Waals surface area (Å²) in [7, 11) is 0. The number of nitrogens with zero attached hydrogens (tertiary/aromatic N) is 2. The molecule has 2 aliphatic carbocycles. The van der Waals surface area contributed by atoms with Crippen LogP contribution in [0.5, 0.6) is 0 Å². The summed E-state index contributed by atoms with van der Waals surface area (Å²) in [6.45, 7) is 4.58. The summed E-state index contributed by atoms with van der Waals surface area (Å²) >= 11 is 0. The molecule has 116 valence electrons. The van der Waals surface area contributed by atoms with Crippen molar-refractivity contribution in [2.75, 3.05) is 6.54 Å². The van der Waals surface area contributed by atoms with Gasteiger partial charge in [-0.3, -0.25) is 9.48 Å². The van der Waals surface area contributed by atoms with E-state index in [2.05, 4.69) is 10.4 Å². The lowest BCUT2D eigenvalue weighted by Crippen LogP contribution is -2.39. The summed E-state index contributed by atoms with van der Waals surface area (Å²) in [6.07, 6.45) is 6.98. The van der Waals surface area contributed by atoms with E-state index in [1.54, 1.807) is 10.7 Å². The highest BCUT2D eigenvalue weighted by molar-refractivity contribution is 5.92. The zero-order valence-corrected chi connectivity index (χ0v) is 12.9. The van der Waals surface area contributed by atoms with Gasteiger partial charge in [0.05, 0.1) is 5.60 Å². The van der Waals surface area contributed by atoms with E-state index in [9.17, 15) is 9.90 Å². The third-order valence-corrected chi connectivity index (χ3v) is 5.16. The molecule has 3 rings (SSSR count). The molecule has 1 amide bonds.